The van der Waals surface area contributed by atoms with E-state index in [4.69, 9.17) is 0 Å². The van der Waals surface area contributed by atoms with Crippen molar-refractivity contribution in [3.8, 4) is 11.5 Å². The quantitative estimate of drug-likeness (QED) is 0.375. The topological polar surface area (TPSA) is 65.2 Å². The van der Waals surface area contributed by atoms with Gasteiger partial charge >= 0.3 is 12.4 Å². The normalized spacial score (nSPS) is 13.6. The van der Waals surface area contributed by atoms with Gasteiger partial charge in [0.25, 0.3) is 0 Å². The lowest BCUT2D eigenvalue weighted by atomic mass is 10.1. The van der Waals surface area contributed by atoms with Gasteiger partial charge in [-0.2, -0.15) is 26.3 Å². The van der Waals surface area contributed by atoms with E-state index in [9.17, 15) is 36.6 Å². The van der Waals surface area contributed by atoms with Crippen LogP contribution in [-0.4, -0.2) is 34.7 Å². The Morgan fingerprint density at radius 3 is 1.33 bits per heavy atom. The summed E-state index contributed by atoms with van der Waals surface area (Å²) in [6.45, 7) is 2.87. The van der Waals surface area contributed by atoms with E-state index < -0.39 is 23.5 Å². The first kappa shape index (κ1) is 23.2. The van der Waals surface area contributed by atoms with Crippen LogP contribution in [-0.2, 0) is 12.4 Å². The monoisotopic (exact) mass is 432 g/mol. The summed E-state index contributed by atoms with van der Waals surface area (Å²) in [6, 6.07) is 4.92. The molecule has 0 fully saturated rings. The summed E-state index contributed by atoms with van der Waals surface area (Å²) in [6.07, 6.45) is -9.14. The molecule has 162 valence electrons. The van der Waals surface area contributed by atoms with E-state index in [1.165, 1.54) is 13.8 Å². The van der Waals surface area contributed by atoms with Gasteiger partial charge in [-0.25, -0.2) is 0 Å². The SMILES string of the molecule is CC(=NCCN=C(C)c1cc(C(F)(F)F)ccc1O)c1cc(C(F)(F)F)ccc1O. The largest absolute Gasteiger partial charge is 0.507 e. The fourth-order valence-corrected chi connectivity index (χ4v) is 2.61. The fraction of sp³-hybridized carbons (Fsp3) is 0.300. The van der Waals surface area contributed by atoms with Crippen LogP contribution in [0.2, 0.25) is 0 Å². The molecule has 0 aromatic heterocycles. The van der Waals surface area contributed by atoms with Crippen LogP contribution in [0.25, 0.3) is 0 Å². The van der Waals surface area contributed by atoms with Gasteiger partial charge in [-0.05, 0) is 50.2 Å². The van der Waals surface area contributed by atoms with Crippen LogP contribution < -0.4 is 0 Å². The van der Waals surface area contributed by atoms with E-state index in [1.807, 2.05) is 0 Å². The van der Waals surface area contributed by atoms with Crippen molar-refractivity contribution in [3.63, 3.8) is 0 Å². The van der Waals surface area contributed by atoms with Gasteiger partial charge in [0.1, 0.15) is 11.5 Å². The van der Waals surface area contributed by atoms with Crippen LogP contribution in [0.1, 0.15) is 36.1 Å². The number of hydrogen-bond donors (Lipinski definition) is 2. The number of aromatic hydroxyl groups is 2. The maximum atomic E-state index is 12.8. The van der Waals surface area contributed by atoms with Crippen molar-refractivity contribution in [1.82, 2.24) is 0 Å². The second-order valence-corrected chi connectivity index (χ2v) is 6.39. The lowest BCUT2D eigenvalue weighted by molar-refractivity contribution is -0.138. The van der Waals surface area contributed by atoms with Crippen molar-refractivity contribution >= 4 is 11.4 Å². The average Bonchev–Trinajstić information content (AvgIpc) is 2.63. The van der Waals surface area contributed by atoms with Gasteiger partial charge in [0.05, 0.1) is 24.2 Å². The zero-order valence-corrected chi connectivity index (χ0v) is 15.9. The zero-order valence-electron chi connectivity index (χ0n) is 15.9. The minimum atomic E-state index is -4.57. The van der Waals surface area contributed by atoms with Gasteiger partial charge in [-0.15, -0.1) is 0 Å². The van der Waals surface area contributed by atoms with Gasteiger partial charge in [0.15, 0.2) is 0 Å². The van der Waals surface area contributed by atoms with E-state index in [2.05, 4.69) is 9.98 Å². The van der Waals surface area contributed by atoms with Gasteiger partial charge < -0.3 is 10.2 Å². The lowest BCUT2D eigenvalue weighted by Crippen LogP contribution is -2.08. The predicted molar refractivity (Wildman–Crippen MR) is 100 cm³/mol. The molecule has 10 heteroatoms. The Morgan fingerprint density at radius 2 is 1.03 bits per heavy atom. The molecular weight excluding hydrogens is 414 g/mol. The Labute approximate surface area is 168 Å². The Morgan fingerprint density at radius 1 is 0.700 bits per heavy atom. The summed E-state index contributed by atoms with van der Waals surface area (Å²) in [4.78, 5) is 8.13. The number of hydrogen-bond acceptors (Lipinski definition) is 4. The van der Waals surface area contributed by atoms with Crippen LogP contribution in [0.15, 0.2) is 46.4 Å². The molecule has 0 aliphatic heterocycles. The number of aliphatic imine (C=N–C) groups is 2. The minimum Gasteiger partial charge on any atom is -0.507 e. The third-order valence-electron chi connectivity index (χ3n) is 4.23. The van der Waals surface area contributed by atoms with Gasteiger partial charge in [-0.3, -0.25) is 9.98 Å². The molecule has 2 N–H and O–H groups in total. The molecule has 4 nitrogen and oxygen atoms in total. The average molecular weight is 432 g/mol. The molecule has 0 radical (unpaired) electrons. The number of phenolic OH excluding ortho intramolecular Hbond substituents is 2. The summed E-state index contributed by atoms with van der Waals surface area (Å²) >= 11 is 0. The van der Waals surface area contributed by atoms with Crippen LogP contribution in [0, 0.1) is 0 Å². The molecule has 30 heavy (non-hydrogen) atoms. The molecule has 0 bridgehead atoms. The number of nitrogens with zero attached hydrogens (tertiary/aromatic N) is 2. The van der Waals surface area contributed by atoms with Crippen molar-refractivity contribution in [2.45, 2.75) is 26.2 Å². The lowest BCUT2D eigenvalue weighted by Gasteiger charge is -2.11. The highest BCUT2D eigenvalue weighted by Gasteiger charge is 2.32. The minimum absolute atomic E-state index is 0.0125. The Kier molecular flexibility index (Phi) is 6.79. The van der Waals surface area contributed by atoms with Crippen molar-refractivity contribution in [1.29, 1.82) is 0 Å². The van der Waals surface area contributed by atoms with Gasteiger partial charge in [0, 0.05) is 22.6 Å². The number of alkyl halides is 6. The maximum Gasteiger partial charge on any atom is 0.416 e. The summed E-state index contributed by atoms with van der Waals surface area (Å²) in [7, 11) is 0. The highest BCUT2D eigenvalue weighted by molar-refractivity contribution is 6.02. The number of rotatable bonds is 5. The van der Waals surface area contributed by atoms with E-state index >= 15 is 0 Å². The molecule has 0 aliphatic carbocycles. The number of halogens is 6. The first-order chi connectivity index (χ1) is 13.8. The van der Waals surface area contributed by atoms with Gasteiger partial charge in [0.2, 0.25) is 0 Å². The third-order valence-corrected chi connectivity index (χ3v) is 4.23. The fourth-order valence-electron chi connectivity index (χ4n) is 2.61. The van der Waals surface area contributed by atoms with Crippen LogP contribution in [0.4, 0.5) is 26.3 Å². The molecule has 0 spiro atoms. The van der Waals surface area contributed by atoms with Crippen LogP contribution >= 0.6 is 0 Å². The molecule has 2 rings (SSSR count). The van der Waals surface area contributed by atoms with Crippen molar-refractivity contribution in [3.05, 3.63) is 58.7 Å². The highest BCUT2D eigenvalue weighted by atomic mass is 19.4. The van der Waals surface area contributed by atoms with Crippen LogP contribution in [0.5, 0.6) is 11.5 Å². The second-order valence-electron chi connectivity index (χ2n) is 6.39. The number of benzene rings is 2. The molecule has 0 saturated carbocycles. The Balaban J connectivity index is 2.15. The van der Waals surface area contributed by atoms with Crippen molar-refractivity contribution < 1.29 is 36.6 Å². The molecule has 0 saturated heterocycles. The van der Waals surface area contributed by atoms with E-state index in [1.54, 1.807) is 0 Å². The molecule has 0 atom stereocenters. The summed E-state index contributed by atoms with van der Waals surface area (Å²) in [5.41, 5.74) is -1.73. The summed E-state index contributed by atoms with van der Waals surface area (Å²) in [5, 5.41) is 19.6. The molecular formula is C20H18F6N2O2. The van der Waals surface area contributed by atoms with E-state index in [0.29, 0.717) is 0 Å². The van der Waals surface area contributed by atoms with E-state index in [-0.39, 0.29) is 47.1 Å². The second kappa shape index (κ2) is 8.76. The first-order valence-corrected chi connectivity index (χ1v) is 8.64. The Hall–Kier alpha value is -3.04. The highest BCUT2D eigenvalue weighted by Crippen LogP contribution is 2.33. The Bertz CT molecular complexity index is 899. The molecule has 0 aliphatic rings. The zero-order chi connectivity index (χ0) is 22.7. The van der Waals surface area contributed by atoms with Crippen molar-refractivity contribution in [2.24, 2.45) is 9.98 Å². The molecule has 0 amide bonds. The van der Waals surface area contributed by atoms with Crippen LogP contribution in [0.3, 0.4) is 0 Å². The molecule has 0 unspecified atom stereocenters. The standard InChI is InChI=1S/C20H18F6N2O2/c1-11(15-9-13(19(21,22)23)3-5-17(15)29)27-7-8-28-12(2)16-10-14(20(24,25)26)4-6-18(16)30/h3-6,9-10,29-30H,7-8H2,1-2H3. The van der Waals surface area contributed by atoms with E-state index in [0.717, 1.165) is 36.4 Å². The molecule has 2 aromatic carbocycles. The molecule has 0 heterocycles. The maximum absolute atomic E-state index is 12.8. The predicted octanol–water partition coefficient (Wildman–Crippen LogP) is 5.45. The van der Waals surface area contributed by atoms with Gasteiger partial charge in [-0.1, -0.05) is 0 Å². The smallest absolute Gasteiger partial charge is 0.416 e. The number of phenols is 2. The van der Waals surface area contributed by atoms with Crippen molar-refractivity contribution in [2.75, 3.05) is 13.1 Å². The summed E-state index contributed by atoms with van der Waals surface area (Å²) < 4.78 is 76.9. The summed E-state index contributed by atoms with van der Waals surface area (Å²) in [5.74, 6) is -0.726. The first-order valence-electron chi connectivity index (χ1n) is 8.64. The third kappa shape index (κ3) is 5.74. The molecule has 2 aromatic rings.